The number of carbonyl (C=O) groups is 1. The van der Waals surface area contributed by atoms with Crippen molar-refractivity contribution in [3.63, 3.8) is 0 Å². The fourth-order valence-electron chi connectivity index (χ4n) is 1.45. The maximum atomic E-state index is 11.1. The molecule has 1 rings (SSSR count). The average molecular weight is 331 g/mol. The average Bonchev–Trinajstić information content (AvgIpc) is 2.34. The summed E-state index contributed by atoms with van der Waals surface area (Å²) in [5.41, 5.74) is 0.856. The summed E-state index contributed by atoms with van der Waals surface area (Å²) in [5, 5.41) is 12.2. The van der Waals surface area contributed by atoms with Crippen LogP contribution in [0.4, 0.5) is 5.69 Å². The molecule has 0 aromatic heterocycles. The van der Waals surface area contributed by atoms with Crippen LogP contribution < -0.4 is 5.32 Å². The summed E-state index contributed by atoms with van der Waals surface area (Å²) < 4.78 is 6.18. The predicted molar refractivity (Wildman–Crippen MR) is 79.0 cm³/mol. The SMILES string of the molecule is CN(C)CCOCCNc1ccc(Br)cc1C(=O)O. The Bertz CT molecular complexity index is 424. The Morgan fingerprint density at radius 1 is 1.42 bits per heavy atom. The van der Waals surface area contributed by atoms with Gasteiger partial charge in [-0.3, -0.25) is 0 Å². The highest BCUT2D eigenvalue weighted by Gasteiger charge is 2.09. The Balaban J connectivity index is 2.39. The lowest BCUT2D eigenvalue weighted by Gasteiger charge is -2.12. The quantitative estimate of drug-likeness (QED) is 0.715. The predicted octanol–water partition coefficient (Wildman–Crippen LogP) is 2.14. The first-order valence-electron chi connectivity index (χ1n) is 6.00. The van der Waals surface area contributed by atoms with Gasteiger partial charge in [0, 0.05) is 23.2 Å². The van der Waals surface area contributed by atoms with Crippen molar-refractivity contribution in [3.8, 4) is 0 Å². The third-order valence-electron chi connectivity index (χ3n) is 2.46. The Hall–Kier alpha value is -1.11. The maximum Gasteiger partial charge on any atom is 0.337 e. The molecule has 0 fully saturated rings. The van der Waals surface area contributed by atoms with Gasteiger partial charge >= 0.3 is 5.97 Å². The van der Waals surface area contributed by atoms with E-state index in [0.29, 0.717) is 25.4 Å². The number of ether oxygens (including phenoxy) is 1. The molecule has 0 aliphatic heterocycles. The van der Waals surface area contributed by atoms with Gasteiger partial charge in [0.2, 0.25) is 0 Å². The fraction of sp³-hybridized carbons (Fsp3) is 0.462. The summed E-state index contributed by atoms with van der Waals surface area (Å²) in [6, 6.07) is 5.13. The van der Waals surface area contributed by atoms with Crippen molar-refractivity contribution < 1.29 is 14.6 Å². The lowest BCUT2D eigenvalue weighted by molar-refractivity contribution is 0.0697. The first-order chi connectivity index (χ1) is 9.00. The van der Waals surface area contributed by atoms with E-state index in [1.807, 2.05) is 25.1 Å². The molecule has 0 amide bonds. The molecule has 0 saturated carbocycles. The summed E-state index contributed by atoms with van der Waals surface area (Å²) in [7, 11) is 3.98. The van der Waals surface area contributed by atoms with Gasteiger partial charge in [0.25, 0.3) is 0 Å². The fourth-order valence-corrected chi connectivity index (χ4v) is 1.82. The van der Waals surface area contributed by atoms with Crippen LogP contribution >= 0.6 is 15.9 Å². The second-order valence-corrected chi connectivity index (χ2v) is 5.25. The number of carboxylic acids is 1. The summed E-state index contributed by atoms with van der Waals surface area (Å²) in [6.07, 6.45) is 0. The van der Waals surface area contributed by atoms with E-state index in [2.05, 4.69) is 21.2 Å². The summed E-state index contributed by atoms with van der Waals surface area (Å²) in [6.45, 7) is 2.66. The van der Waals surface area contributed by atoms with Crippen molar-refractivity contribution in [2.24, 2.45) is 0 Å². The summed E-state index contributed by atoms with van der Waals surface area (Å²) in [5.74, 6) is -0.947. The normalized spacial score (nSPS) is 10.7. The van der Waals surface area contributed by atoms with Gasteiger partial charge in [0.15, 0.2) is 0 Å². The van der Waals surface area contributed by atoms with E-state index in [4.69, 9.17) is 9.84 Å². The van der Waals surface area contributed by atoms with Gasteiger partial charge in [0.05, 0.1) is 18.8 Å². The largest absolute Gasteiger partial charge is 0.478 e. The number of aromatic carboxylic acids is 1. The Morgan fingerprint density at radius 2 is 2.16 bits per heavy atom. The number of carboxylic acid groups (broad SMARTS) is 1. The molecule has 6 heteroatoms. The minimum absolute atomic E-state index is 0.252. The molecule has 0 heterocycles. The number of hydrogen-bond acceptors (Lipinski definition) is 4. The van der Waals surface area contributed by atoms with Crippen molar-refractivity contribution in [2.75, 3.05) is 45.7 Å². The molecule has 0 aliphatic carbocycles. The zero-order valence-electron chi connectivity index (χ0n) is 11.1. The maximum absolute atomic E-state index is 11.1. The number of hydrogen-bond donors (Lipinski definition) is 2. The number of benzene rings is 1. The second kappa shape index (κ2) is 8.14. The van der Waals surface area contributed by atoms with Crippen molar-refractivity contribution in [1.29, 1.82) is 0 Å². The molecule has 19 heavy (non-hydrogen) atoms. The number of nitrogens with one attached hydrogen (secondary N) is 1. The van der Waals surface area contributed by atoms with Gasteiger partial charge in [-0.2, -0.15) is 0 Å². The Morgan fingerprint density at radius 3 is 2.79 bits per heavy atom. The second-order valence-electron chi connectivity index (χ2n) is 4.34. The first kappa shape index (κ1) is 15.9. The lowest BCUT2D eigenvalue weighted by atomic mass is 10.2. The van der Waals surface area contributed by atoms with Crippen molar-refractivity contribution >= 4 is 27.6 Å². The summed E-state index contributed by atoms with van der Waals surface area (Å²) >= 11 is 3.26. The zero-order chi connectivity index (χ0) is 14.3. The van der Waals surface area contributed by atoms with Crippen LogP contribution in [0.5, 0.6) is 0 Å². The number of likely N-dealkylation sites (N-methyl/N-ethyl adjacent to an activating group) is 1. The lowest BCUT2D eigenvalue weighted by Crippen LogP contribution is -2.20. The molecule has 0 unspecified atom stereocenters. The third kappa shape index (κ3) is 6.04. The molecule has 0 radical (unpaired) electrons. The number of anilines is 1. The molecule has 1 aromatic rings. The molecule has 1 aromatic carbocycles. The highest BCUT2D eigenvalue weighted by Crippen LogP contribution is 2.20. The molecule has 0 bridgehead atoms. The number of halogens is 1. The van der Waals surface area contributed by atoms with Crippen LogP contribution in [0.25, 0.3) is 0 Å². The van der Waals surface area contributed by atoms with Crippen LogP contribution in [0.15, 0.2) is 22.7 Å². The molecule has 5 nitrogen and oxygen atoms in total. The monoisotopic (exact) mass is 330 g/mol. The molecule has 0 atom stereocenters. The topological polar surface area (TPSA) is 61.8 Å². The highest BCUT2D eigenvalue weighted by atomic mass is 79.9. The highest BCUT2D eigenvalue weighted by molar-refractivity contribution is 9.10. The van der Waals surface area contributed by atoms with Crippen LogP contribution in [0.3, 0.4) is 0 Å². The number of rotatable bonds is 8. The van der Waals surface area contributed by atoms with E-state index in [0.717, 1.165) is 11.0 Å². The van der Waals surface area contributed by atoms with Crippen LogP contribution in [0, 0.1) is 0 Å². The molecule has 0 aliphatic rings. The van der Waals surface area contributed by atoms with E-state index in [-0.39, 0.29) is 5.56 Å². The minimum atomic E-state index is -0.947. The van der Waals surface area contributed by atoms with Crippen molar-refractivity contribution in [2.45, 2.75) is 0 Å². The van der Waals surface area contributed by atoms with Crippen molar-refractivity contribution in [3.05, 3.63) is 28.2 Å². The van der Waals surface area contributed by atoms with Crippen LogP contribution in [0.1, 0.15) is 10.4 Å². The molecule has 0 saturated heterocycles. The molecule has 2 N–H and O–H groups in total. The van der Waals surface area contributed by atoms with E-state index in [9.17, 15) is 4.79 Å². The molecular formula is C13H19BrN2O3. The number of nitrogens with zero attached hydrogens (tertiary/aromatic N) is 1. The molecule has 0 spiro atoms. The first-order valence-corrected chi connectivity index (χ1v) is 6.79. The van der Waals surface area contributed by atoms with E-state index in [1.165, 1.54) is 0 Å². The molecular weight excluding hydrogens is 312 g/mol. The molecule has 106 valence electrons. The van der Waals surface area contributed by atoms with Gasteiger partial charge in [-0.05, 0) is 32.3 Å². The van der Waals surface area contributed by atoms with Gasteiger partial charge in [-0.15, -0.1) is 0 Å². The van der Waals surface area contributed by atoms with E-state index < -0.39 is 5.97 Å². The van der Waals surface area contributed by atoms with Gasteiger partial charge in [0.1, 0.15) is 0 Å². The Kier molecular flexibility index (Phi) is 6.83. The van der Waals surface area contributed by atoms with Crippen LogP contribution in [0.2, 0.25) is 0 Å². The Labute approximate surface area is 121 Å². The van der Waals surface area contributed by atoms with Gasteiger partial charge in [-0.1, -0.05) is 15.9 Å². The third-order valence-corrected chi connectivity index (χ3v) is 2.95. The minimum Gasteiger partial charge on any atom is -0.478 e. The van der Waals surface area contributed by atoms with Crippen LogP contribution in [-0.2, 0) is 4.74 Å². The zero-order valence-corrected chi connectivity index (χ0v) is 12.7. The van der Waals surface area contributed by atoms with Gasteiger partial charge < -0.3 is 20.1 Å². The van der Waals surface area contributed by atoms with E-state index >= 15 is 0 Å². The standard InChI is InChI=1S/C13H19BrN2O3/c1-16(2)6-8-19-7-5-15-12-4-3-10(14)9-11(12)13(17)18/h3-4,9,15H,5-8H2,1-2H3,(H,17,18). The van der Waals surface area contributed by atoms with Crippen molar-refractivity contribution in [1.82, 2.24) is 4.90 Å². The van der Waals surface area contributed by atoms with Gasteiger partial charge in [-0.25, -0.2) is 4.79 Å². The van der Waals surface area contributed by atoms with E-state index in [1.54, 1.807) is 12.1 Å². The summed E-state index contributed by atoms with van der Waals surface area (Å²) in [4.78, 5) is 13.1. The van der Waals surface area contributed by atoms with Crippen LogP contribution in [-0.4, -0.2) is 56.4 Å². The smallest absolute Gasteiger partial charge is 0.337 e.